The predicted octanol–water partition coefficient (Wildman–Crippen LogP) is 4.91. The van der Waals surface area contributed by atoms with Gasteiger partial charge in [0.25, 0.3) is 5.79 Å². The maximum absolute atomic E-state index is 6.24. The molecule has 0 aliphatic heterocycles. The lowest BCUT2D eigenvalue weighted by Crippen LogP contribution is -2.39. The zero-order valence-electron chi connectivity index (χ0n) is 15.4. The van der Waals surface area contributed by atoms with Crippen LogP contribution in [0.5, 0.6) is 11.5 Å². The topological polar surface area (TPSA) is 70.5 Å². The predicted molar refractivity (Wildman–Crippen MR) is 113 cm³/mol. The molecule has 0 heterocycles. The lowest BCUT2D eigenvalue weighted by molar-refractivity contribution is -0.0290. The third kappa shape index (κ3) is 4.01. The Labute approximate surface area is 164 Å². The Morgan fingerprint density at radius 2 is 1.18 bits per heavy atom. The lowest BCUT2D eigenvalue weighted by Gasteiger charge is -2.32. The minimum atomic E-state index is -1.09. The number of ether oxygens (including phenoxy) is 2. The average Bonchev–Trinajstić information content (AvgIpc) is 2.69. The number of benzene rings is 3. The Morgan fingerprint density at radius 3 is 1.68 bits per heavy atom. The van der Waals surface area contributed by atoms with Crippen LogP contribution in [0.1, 0.15) is 11.5 Å². The van der Waals surface area contributed by atoms with Crippen molar-refractivity contribution < 1.29 is 9.47 Å². The molecule has 0 radical (unpaired) electrons. The van der Waals surface area contributed by atoms with Gasteiger partial charge in [-0.1, -0.05) is 54.6 Å². The van der Waals surface area contributed by atoms with E-state index in [1.54, 1.807) is 12.1 Å². The first kappa shape index (κ1) is 17.7. The Hall–Kier alpha value is -3.66. The van der Waals surface area contributed by atoms with E-state index in [0.29, 0.717) is 22.9 Å². The molecular weight excluding hydrogens is 348 g/mol. The summed E-state index contributed by atoms with van der Waals surface area (Å²) in [5.41, 5.74) is 14.3. The van der Waals surface area contributed by atoms with Gasteiger partial charge in [0, 0.05) is 41.6 Å². The van der Waals surface area contributed by atoms with E-state index in [1.807, 2.05) is 66.7 Å². The van der Waals surface area contributed by atoms with E-state index in [9.17, 15) is 0 Å². The molecule has 0 unspecified atom stereocenters. The van der Waals surface area contributed by atoms with Crippen LogP contribution < -0.4 is 20.9 Å². The van der Waals surface area contributed by atoms with Crippen molar-refractivity contribution in [1.29, 1.82) is 0 Å². The van der Waals surface area contributed by atoms with Gasteiger partial charge in [-0.3, -0.25) is 0 Å². The van der Waals surface area contributed by atoms with Crippen molar-refractivity contribution in [2.75, 3.05) is 11.5 Å². The second kappa shape index (κ2) is 7.53. The third-order valence-corrected chi connectivity index (χ3v) is 4.53. The first-order chi connectivity index (χ1) is 13.6. The van der Waals surface area contributed by atoms with Crippen molar-refractivity contribution >= 4 is 11.4 Å². The fraction of sp³-hybridized carbons (Fsp3) is 0.0833. The van der Waals surface area contributed by atoms with Crippen LogP contribution in [0, 0.1) is 0 Å². The molecule has 0 amide bonds. The first-order valence-corrected chi connectivity index (χ1v) is 9.15. The largest absolute Gasteiger partial charge is 0.445 e. The molecular formula is C24H22N2O2. The fourth-order valence-electron chi connectivity index (χ4n) is 3.17. The molecule has 0 saturated carbocycles. The second-order valence-corrected chi connectivity index (χ2v) is 6.73. The molecule has 4 rings (SSSR count). The summed E-state index contributed by atoms with van der Waals surface area (Å²) < 4.78 is 12.5. The van der Waals surface area contributed by atoms with Crippen LogP contribution in [-0.4, -0.2) is 5.79 Å². The summed E-state index contributed by atoms with van der Waals surface area (Å²) in [5.74, 6) is 0.309. The van der Waals surface area contributed by atoms with Crippen LogP contribution in [0.3, 0.4) is 0 Å². The molecule has 0 atom stereocenters. The molecule has 3 aromatic rings. The van der Waals surface area contributed by atoms with Gasteiger partial charge in [0.05, 0.1) is 0 Å². The van der Waals surface area contributed by atoms with E-state index in [0.717, 1.165) is 0 Å². The van der Waals surface area contributed by atoms with Crippen LogP contribution in [-0.2, 0) is 0 Å². The maximum atomic E-state index is 6.24. The number of nitrogen functional groups attached to an aromatic ring is 2. The van der Waals surface area contributed by atoms with Gasteiger partial charge in [0.2, 0.25) is 0 Å². The van der Waals surface area contributed by atoms with Crippen molar-refractivity contribution in [2.24, 2.45) is 0 Å². The van der Waals surface area contributed by atoms with Crippen molar-refractivity contribution in [2.45, 2.75) is 11.7 Å². The highest BCUT2D eigenvalue weighted by molar-refractivity contribution is 5.46. The number of nitrogens with two attached hydrogens (primary N) is 2. The molecule has 4 nitrogen and oxygen atoms in total. The molecule has 0 saturated heterocycles. The Bertz CT molecular complexity index is 948. The van der Waals surface area contributed by atoms with E-state index in [4.69, 9.17) is 20.9 Å². The summed E-state index contributed by atoms with van der Waals surface area (Å²) in [5, 5.41) is 0. The zero-order chi connectivity index (χ0) is 19.4. The van der Waals surface area contributed by atoms with Gasteiger partial charge in [-0.25, -0.2) is 0 Å². The maximum Gasteiger partial charge on any atom is 0.291 e. The average molecular weight is 370 g/mol. The fourth-order valence-corrected chi connectivity index (χ4v) is 3.17. The SMILES string of the molecule is Nc1cccc(OC2(Oc3cccc(N)c3)C=CC(c3ccccc3)C=C2)c1. The number of hydrogen-bond acceptors (Lipinski definition) is 4. The van der Waals surface area contributed by atoms with Gasteiger partial charge in [-0.2, -0.15) is 0 Å². The molecule has 3 aromatic carbocycles. The van der Waals surface area contributed by atoms with Gasteiger partial charge in [-0.05, 0) is 29.8 Å². The van der Waals surface area contributed by atoms with E-state index >= 15 is 0 Å². The van der Waals surface area contributed by atoms with Gasteiger partial charge >= 0.3 is 0 Å². The highest BCUT2D eigenvalue weighted by Crippen LogP contribution is 2.33. The molecule has 0 bridgehead atoms. The Kier molecular flexibility index (Phi) is 4.77. The monoisotopic (exact) mass is 370 g/mol. The molecule has 0 spiro atoms. The summed E-state index contributed by atoms with van der Waals surface area (Å²) in [4.78, 5) is 0. The van der Waals surface area contributed by atoms with E-state index < -0.39 is 5.79 Å². The second-order valence-electron chi connectivity index (χ2n) is 6.73. The van der Waals surface area contributed by atoms with Crippen molar-refractivity contribution in [3.63, 3.8) is 0 Å². The summed E-state index contributed by atoms with van der Waals surface area (Å²) in [7, 11) is 0. The molecule has 0 fully saturated rings. The molecule has 4 N–H and O–H groups in total. The van der Waals surface area contributed by atoms with E-state index in [2.05, 4.69) is 24.3 Å². The smallest absolute Gasteiger partial charge is 0.291 e. The Balaban J connectivity index is 1.65. The highest BCUT2D eigenvalue weighted by Gasteiger charge is 2.32. The molecule has 0 aromatic heterocycles. The van der Waals surface area contributed by atoms with Crippen LogP contribution >= 0.6 is 0 Å². The lowest BCUT2D eigenvalue weighted by atomic mass is 9.93. The standard InChI is InChI=1S/C24H22N2O2/c25-20-8-4-10-22(16-20)27-24(28-23-11-5-9-21(26)17-23)14-12-19(13-15-24)18-6-2-1-3-7-18/h1-17,19H,25-26H2. The van der Waals surface area contributed by atoms with Gasteiger partial charge in [-0.15, -0.1) is 0 Å². The van der Waals surface area contributed by atoms with Crippen molar-refractivity contribution in [3.8, 4) is 11.5 Å². The first-order valence-electron chi connectivity index (χ1n) is 9.15. The molecule has 1 aliphatic carbocycles. The van der Waals surface area contributed by atoms with Crippen LogP contribution in [0.25, 0.3) is 0 Å². The zero-order valence-corrected chi connectivity index (χ0v) is 15.4. The number of anilines is 2. The molecule has 28 heavy (non-hydrogen) atoms. The number of rotatable bonds is 5. The third-order valence-electron chi connectivity index (χ3n) is 4.53. The van der Waals surface area contributed by atoms with Crippen molar-refractivity contribution in [3.05, 3.63) is 109 Å². The van der Waals surface area contributed by atoms with E-state index in [-0.39, 0.29) is 5.92 Å². The molecule has 140 valence electrons. The van der Waals surface area contributed by atoms with Crippen LogP contribution in [0.15, 0.2) is 103 Å². The van der Waals surface area contributed by atoms with Gasteiger partial charge in [0.1, 0.15) is 11.5 Å². The quantitative estimate of drug-likeness (QED) is 0.380. The molecule has 4 heteroatoms. The summed E-state index contributed by atoms with van der Waals surface area (Å²) >= 11 is 0. The Morgan fingerprint density at radius 1 is 0.643 bits per heavy atom. The van der Waals surface area contributed by atoms with Crippen LogP contribution in [0.4, 0.5) is 11.4 Å². The number of hydrogen-bond donors (Lipinski definition) is 2. The van der Waals surface area contributed by atoms with Crippen LogP contribution in [0.2, 0.25) is 0 Å². The summed E-state index contributed by atoms with van der Waals surface area (Å²) in [6, 6.07) is 24.9. The van der Waals surface area contributed by atoms with Gasteiger partial charge in [0.15, 0.2) is 0 Å². The molecule has 1 aliphatic rings. The highest BCUT2D eigenvalue weighted by atomic mass is 16.7. The normalized spacial score (nSPS) is 15.3. The van der Waals surface area contributed by atoms with Gasteiger partial charge < -0.3 is 20.9 Å². The summed E-state index contributed by atoms with van der Waals surface area (Å²) in [6.45, 7) is 0. The minimum absolute atomic E-state index is 0.156. The number of allylic oxidation sites excluding steroid dienone is 2. The van der Waals surface area contributed by atoms with E-state index in [1.165, 1.54) is 5.56 Å². The minimum Gasteiger partial charge on any atom is -0.445 e. The van der Waals surface area contributed by atoms with Crippen molar-refractivity contribution in [1.82, 2.24) is 0 Å². The summed E-state index contributed by atoms with van der Waals surface area (Å²) in [6.07, 6.45) is 8.01.